The van der Waals surface area contributed by atoms with Crippen LogP contribution >= 0.6 is 22.3 Å². The van der Waals surface area contributed by atoms with Gasteiger partial charge in [-0.05, 0) is 6.42 Å². The Morgan fingerprint density at radius 3 is 2.44 bits per heavy atom. The van der Waals surface area contributed by atoms with E-state index in [0.29, 0.717) is 0 Å². The summed E-state index contributed by atoms with van der Waals surface area (Å²) < 4.78 is 23.3. The predicted octanol–water partition coefficient (Wildman–Crippen LogP) is 1.11. The molecule has 0 bridgehead atoms. The van der Waals surface area contributed by atoms with Crippen LogP contribution in [0.5, 0.6) is 0 Å². The van der Waals surface area contributed by atoms with E-state index in [-0.39, 0.29) is 22.2 Å². The molecule has 90 valence electrons. The summed E-state index contributed by atoms with van der Waals surface area (Å²) in [7, 11) is 1.16. The van der Waals surface area contributed by atoms with Crippen LogP contribution in [0.3, 0.4) is 0 Å². The molecule has 0 atom stereocenters. The summed E-state index contributed by atoms with van der Waals surface area (Å²) in [6.07, 6.45) is 0.285. The van der Waals surface area contributed by atoms with Crippen molar-refractivity contribution < 1.29 is 18.3 Å². The second-order valence-electron chi connectivity index (χ2n) is 2.91. The molecule has 1 rings (SSSR count). The summed E-state index contributed by atoms with van der Waals surface area (Å²) in [6.45, 7) is 1.15. The van der Waals surface area contributed by atoms with Gasteiger partial charge in [0.1, 0.15) is 16.6 Å². The van der Waals surface area contributed by atoms with E-state index in [9.17, 15) is 13.2 Å². The van der Waals surface area contributed by atoms with E-state index < -0.39 is 21.6 Å². The fraction of sp³-hybridized carbons (Fsp3) is 0.429. The molecule has 1 N–H and O–H groups in total. The summed E-state index contributed by atoms with van der Waals surface area (Å²) in [6, 6.07) is 0. The van der Waals surface area contributed by atoms with Crippen molar-refractivity contribution in [3.8, 4) is 0 Å². The van der Waals surface area contributed by atoms with Gasteiger partial charge in [0.05, 0.1) is 5.69 Å². The van der Waals surface area contributed by atoms with E-state index >= 15 is 0 Å². The van der Waals surface area contributed by atoms with Gasteiger partial charge in [-0.15, -0.1) is 0 Å². The normalized spacial score (nSPS) is 11.7. The number of nitrogens with zero attached hydrogens (tertiary/aromatic N) is 2. The predicted molar refractivity (Wildman–Crippen MR) is 57.3 cm³/mol. The van der Waals surface area contributed by atoms with Gasteiger partial charge in [0, 0.05) is 10.7 Å². The van der Waals surface area contributed by atoms with Crippen LogP contribution in [0.15, 0.2) is 4.90 Å². The Hall–Kier alpha value is -0.790. The third-order valence-corrected chi connectivity index (χ3v) is 3.66. The molecule has 0 unspecified atom stereocenters. The molecule has 6 nitrogen and oxygen atoms in total. The van der Waals surface area contributed by atoms with Gasteiger partial charge in [-0.3, -0.25) is 4.79 Å². The zero-order chi connectivity index (χ0) is 12.5. The standard InChI is InChI=1S/C7H8Cl2N2O4S/c1-2-4-6(16(9,14)15)7(8)11(10-4)3-5(12)13/h2-3H2,1H3,(H,12,13). The van der Waals surface area contributed by atoms with Crippen LogP contribution < -0.4 is 0 Å². The van der Waals surface area contributed by atoms with Crippen molar-refractivity contribution in [1.29, 1.82) is 0 Å². The maximum atomic E-state index is 11.2. The second kappa shape index (κ2) is 4.60. The van der Waals surface area contributed by atoms with E-state index in [1.165, 1.54) is 0 Å². The van der Waals surface area contributed by atoms with Crippen molar-refractivity contribution in [3.05, 3.63) is 10.8 Å². The topological polar surface area (TPSA) is 89.3 Å². The fourth-order valence-corrected chi connectivity index (χ4v) is 3.07. The molecule has 0 fully saturated rings. The van der Waals surface area contributed by atoms with Crippen LogP contribution in [-0.2, 0) is 26.8 Å². The molecule has 0 saturated carbocycles. The highest BCUT2D eigenvalue weighted by Gasteiger charge is 2.25. The number of hydrogen-bond acceptors (Lipinski definition) is 4. The lowest BCUT2D eigenvalue weighted by atomic mass is 10.3. The minimum absolute atomic E-state index is 0.154. The van der Waals surface area contributed by atoms with Crippen molar-refractivity contribution in [2.24, 2.45) is 0 Å². The lowest BCUT2D eigenvalue weighted by Crippen LogP contribution is -2.10. The molecule has 0 spiro atoms. The molecule has 0 aliphatic carbocycles. The first kappa shape index (κ1) is 13.3. The van der Waals surface area contributed by atoms with E-state index in [1.807, 2.05) is 0 Å². The molecular weight excluding hydrogens is 279 g/mol. The largest absolute Gasteiger partial charge is 0.480 e. The number of rotatable bonds is 4. The monoisotopic (exact) mass is 286 g/mol. The number of carboxylic acids is 1. The van der Waals surface area contributed by atoms with E-state index in [0.717, 1.165) is 4.68 Å². The average Bonchev–Trinajstić information content (AvgIpc) is 2.41. The number of aryl methyl sites for hydroxylation is 1. The van der Waals surface area contributed by atoms with Crippen LogP contribution in [0, 0.1) is 0 Å². The Labute approximate surface area is 101 Å². The zero-order valence-electron chi connectivity index (χ0n) is 8.14. The number of halogens is 2. The Morgan fingerprint density at radius 1 is 1.56 bits per heavy atom. The third kappa shape index (κ3) is 2.66. The van der Waals surface area contributed by atoms with Crippen LogP contribution in [0.1, 0.15) is 12.6 Å². The number of carbonyl (C=O) groups is 1. The van der Waals surface area contributed by atoms with Crippen molar-refractivity contribution in [1.82, 2.24) is 9.78 Å². The van der Waals surface area contributed by atoms with Crippen molar-refractivity contribution in [3.63, 3.8) is 0 Å². The summed E-state index contributed by atoms with van der Waals surface area (Å²) in [5.74, 6) is -1.18. The Balaban J connectivity index is 3.38. The molecule has 0 amide bonds. The highest BCUT2D eigenvalue weighted by molar-refractivity contribution is 8.13. The molecule has 1 aromatic rings. The smallest absolute Gasteiger partial charge is 0.325 e. The lowest BCUT2D eigenvalue weighted by Gasteiger charge is -1.97. The SMILES string of the molecule is CCc1nn(CC(=O)O)c(Cl)c1S(=O)(=O)Cl. The maximum Gasteiger partial charge on any atom is 0.325 e. The van der Waals surface area contributed by atoms with Gasteiger partial charge >= 0.3 is 5.97 Å². The van der Waals surface area contributed by atoms with Gasteiger partial charge in [-0.1, -0.05) is 18.5 Å². The highest BCUT2D eigenvalue weighted by Crippen LogP contribution is 2.28. The third-order valence-electron chi connectivity index (χ3n) is 1.78. The van der Waals surface area contributed by atoms with Crippen molar-refractivity contribution in [2.45, 2.75) is 24.8 Å². The first-order valence-corrected chi connectivity index (χ1v) is 6.87. The van der Waals surface area contributed by atoms with Crippen molar-refractivity contribution in [2.75, 3.05) is 0 Å². The minimum Gasteiger partial charge on any atom is -0.480 e. The van der Waals surface area contributed by atoms with E-state index in [1.54, 1.807) is 6.92 Å². The van der Waals surface area contributed by atoms with Gasteiger partial charge in [0.2, 0.25) is 0 Å². The molecule has 0 saturated heterocycles. The van der Waals surface area contributed by atoms with Crippen LogP contribution in [-0.4, -0.2) is 29.3 Å². The number of aliphatic carboxylic acids is 1. The molecule has 9 heteroatoms. The summed E-state index contributed by atoms with van der Waals surface area (Å²) in [4.78, 5) is 10.2. The first-order valence-electron chi connectivity index (χ1n) is 4.19. The second-order valence-corrected chi connectivity index (χ2v) is 5.77. The number of aromatic nitrogens is 2. The zero-order valence-corrected chi connectivity index (χ0v) is 10.5. The number of carboxylic acid groups (broad SMARTS) is 1. The van der Waals surface area contributed by atoms with Crippen LogP contribution in [0.2, 0.25) is 5.15 Å². The molecule has 0 aliphatic heterocycles. The summed E-state index contributed by atoms with van der Waals surface area (Å²) in [5.41, 5.74) is 0.154. The van der Waals surface area contributed by atoms with Gasteiger partial charge in [0.15, 0.2) is 0 Å². The summed E-state index contributed by atoms with van der Waals surface area (Å²) >= 11 is 5.71. The molecule has 0 aromatic carbocycles. The average molecular weight is 287 g/mol. The van der Waals surface area contributed by atoms with E-state index in [2.05, 4.69) is 5.10 Å². The first-order chi connectivity index (χ1) is 7.27. The van der Waals surface area contributed by atoms with Crippen molar-refractivity contribution >= 4 is 37.3 Å². The molecule has 0 radical (unpaired) electrons. The fourth-order valence-electron chi connectivity index (χ4n) is 1.18. The number of hydrogen-bond donors (Lipinski definition) is 1. The van der Waals surface area contributed by atoms with E-state index in [4.69, 9.17) is 27.4 Å². The summed E-state index contributed by atoms with van der Waals surface area (Å²) in [5, 5.41) is 12.1. The Morgan fingerprint density at radius 2 is 2.12 bits per heavy atom. The van der Waals surface area contributed by atoms with Crippen LogP contribution in [0.4, 0.5) is 0 Å². The van der Waals surface area contributed by atoms with Gasteiger partial charge in [-0.25, -0.2) is 13.1 Å². The minimum atomic E-state index is -4.03. The molecule has 1 aromatic heterocycles. The van der Waals surface area contributed by atoms with Gasteiger partial charge in [0.25, 0.3) is 9.05 Å². The van der Waals surface area contributed by atoms with Crippen LogP contribution in [0.25, 0.3) is 0 Å². The van der Waals surface area contributed by atoms with Gasteiger partial charge in [-0.2, -0.15) is 5.10 Å². The highest BCUT2D eigenvalue weighted by atomic mass is 35.7. The molecule has 1 heterocycles. The quantitative estimate of drug-likeness (QED) is 0.838. The molecule has 16 heavy (non-hydrogen) atoms. The maximum absolute atomic E-state index is 11.2. The lowest BCUT2D eigenvalue weighted by molar-refractivity contribution is -0.137. The Bertz CT molecular complexity index is 523. The molecule has 0 aliphatic rings. The Kier molecular flexibility index (Phi) is 3.82. The van der Waals surface area contributed by atoms with Gasteiger partial charge < -0.3 is 5.11 Å². The molecular formula is C7H8Cl2N2O4S.